The van der Waals surface area contributed by atoms with E-state index >= 15 is 0 Å². The van der Waals surface area contributed by atoms with Crippen molar-refractivity contribution >= 4 is 0 Å². The van der Waals surface area contributed by atoms with Crippen molar-refractivity contribution in [3.05, 3.63) is 83.8 Å². The molecule has 0 spiro atoms. The van der Waals surface area contributed by atoms with Gasteiger partial charge in [0, 0.05) is 50.8 Å². The number of ether oxygens (including phenoxy) is 2. The van der Waals surface area contributed by atoms with Crippen LogP contribution < -0.4 is 0 Å². The molecule has 6 nitrogen and oxygen atoms in total. The highest BCUT2D eigenvalue weighted by Crippen LogP contribution is 2.14. The van der Waals surface area contributed by atoms with E-state index < -0.39 is 6.10 Å². The van der Waals surface area contributed by atoms with Crippen LogP contribution in [0.4, 0.5) is 4.39 Å². The number of methoxy groups -OCH3 is 1. The second-order valence-electron chi connectivity index (χ2n) is 7.55. The summed E-state index contributed by atoms with van der Waals surface area (Å²) in [4.78, 5) is 2.17. The first kappa shape index (κ1) is 23.2. The maximum Gasteiger partial charge on any atom is 0.129 e. The van der Waals surface area contributed by atoms with E-state index in [1.807, 2.05) is 41.1 Å². The van der Waals surface area contributed by atoms with Crippen LogP contribution in [0.5, 0.6) is 0 Å². The largest absolute Gasteiger partial charge is 0.467 e. The maximum atomic E-state index is 14.1. The normalized spacial score (nSPS) is 12.5. The number of aliphatic hydroxyl groups excluding tert-OH is 1. The van der Waals surface area contributed by atoms with E-state index in [0.29, 0.717) is 38.4 Å². The standard InChI is InChI=1S/C24H31FN2O4/c1-29-13-6-11-26(17-22(28)18-30-19-23-9-5-14-31-23)16-21-8-4-12-27(21)15-20-7-2-3-10-24(20)25/h2-5,7-10,12,14,22,28H,6,11,13,15-19H2,1H3/t22-/m0/s1. The second kappa shape index (κ2) is 12.4. The van der Waals surface area contributed by atoms with E-state index in [9.17, 15) is 9.50 Å². The van der Waals surface area contributed by atoms with Gasteiger partial charge in [-0.25, -0.2) is 4.39 Å². The van der Waals surface area contributed by atoms with E-state index in [0.717, 1.165) is 24.4 Å². The fraction of sp³-hybridized carbons (Fsp3) is 0.417. The number of hydrogen-bond donors (Lipinski definition) is 1. The Morgan fingerprint density at radius 2 is 2.03 bits per heavy atom. The molecule has 0 fully saturated rings. The molecule has 0 aliphatic rings. The number of aliphatic hydroxyl groups is 1. The van der Waals surface area contributed by atoms with Gasteiger partial charge in [0.2, 0.25) is 0 Å². The fourth-order valence-corrected chi connectivity index (χ4v) is 3.49. The third-order valence-corrected chi connectivity index (χ3v) is 5.03. The minimum atomic E-state index is -0.632. The first-order valence-corrected chi connectivity index (χ1v) is 10.5. The van der Waals surface area contributed by atoms with E-state index in [2.05, 4.69) is 4.90 Å². The lowest BCUT2D eigenvalue weighted by atomic mass is 10.2. The number of benzene rings is 1. The summed E-state index contributed by atoms with van der Waals surface area (Å²) >= 11 is 0. The number of rotatable bonds is 14. The molecule has 3 rings (SSSR count). The lowest BCUT2D eigenvalue weighted by molar-refractivity contribution is 0.00251. The first-order chi connectivity index (χ1) is 15.2. The van der Waals surface area contributed by atoms with Gasteiger partial charge < -0.3 is 23.6 Å². The van der Waals surface area contributed by atoms with Gasteiger partial charge in [0.25, 0.3) is 0 Å². The average Bonchev–Trinajstić information content (AvgIpc) is 3.42. The van der Waals surface area contributed by atoms with Crippen LogP contribution in [0.3, 0.4) is 0 Å². The van der Waals surface area contributed by atoms with Crippen LogP contribution in [-0.4, -0.2) is 54.1 Å². The molecule has 0 saturated carbocycles. The van der Waals surface area contributed by atoms with Crippen molar-refractivity contribution < 1.29 is 23.4 Å². The third kappa shape index (κ3) is 7.63. The van der Waals surface area contributed by atoms with Crippen LogP contribution >= 0.6 is 0 Å². The van der Waals surface area contributed by atoms with E-state index in [-0.39, 0.29) is 12.4 Å². The zero-order chi connectivity index (χ0) is 21.9. The predicted molar refractivity (Wildman–Crippen MR) is 116 cm³/mol. The molecule has 3 aromatic rings. The molecule has 1 atom stereocenters. The van der Waals surface area contributed by atoms with E-state index in [1.165, 1.54) is 6.07 Å². The number of nitrogens with zero attached hydrogens (tertiary/aromatic N) is 2. The quantitative estimate of drug-likeness (QED) is 0.396. The molecule has 0 bridgehead atoms. The van der Waals surface area contributed by atoms with Gasteiger partial charge in [-0.15, -0.1) is 0 Å². The van der Waals surface area contributed by atoms with Crippen LogP contribution in [0.1, 0.15) is 23.4 Å². The maximum absolute atomic E-state index is 14.1. The van der Waals surface area contributed by atoms with Crippen LogP contribution in [0, 0.1) is 5.82 Å². The predicted octanol–water partition coefficient (Wildman–Crippen LogP) is 3.68. The number of furan rings is 1. The van der Waals surface area contributed by atoms with Gasteiger partial charge in [0.05, 0.1) is 25.5 Å². The Balaban J connectivity index is 1.57. The number of hydrogen-bond acceptors (Lipinski definition) is 5. The highest BCUT2D eigenvalue weighted by atomic mass is 19.1. The summed E-state index contributed by atoms with van der Waals surface area (Å²) in [5, 5.41) is 10.5. The Morgan fingerprint density at radius 3 is 2.81 bits per heavy atom. The highest BCUT2D eigenvalue weighted by Gasteiger charge is 2.15. The molecule has 0 aliphatic heterocycles. The molecule has 0 unspecified atom stereocenters. The molecule has 7 heteroatoms. The zero-order valence-electron chi connectivity index (χ0n) is 18.0. The summed E-state index contributed by atoms with van der Waals surface area (Å²) in [6.45, 7) is 3.55. The van der Waals surface area contributed by atoms with Gasteiger partial charge >= 0.3 is 0 Å². The Labute approximate surface area is 182 Å². The van der Waals surface area contributed by atoms with Crippen LogP contribution in [-0.2, 0) is 29.2 Å². The lowest BCUT2D eigenvalue weighted by Crippen LogP contribution is -2.36. The summed E-state index contributed by atoms with van der Waals surface area (Å²) in [5.74, 6) is 0.526. The van der Waals surface area contributed by atoms with Crippen molar-refractivity contribution in [2.75, 3.05) is 33.4 Å². The average molecular weight is 431 g/mol. The third-order valence-electron chi connectivity index (χ3n) is 5.03. The van der Waals surface area contributed by atoms with Crippen molar-refractivity contribution in [2.45, 2.75) is 32.2 Å². The lowest BCUT2D eigenvalue weighted by Gasteiger charge is -2.25. The molecule has 31 heavy (non-hydrogen) atoms. The van der Waals surface area contributed by atoms with Gasteiger partial charge in [-0.05, 0) is 36.8 Å². The molecule has 2 heterocycles. The van der Waals surface area contributed by atoms with Gasteiger partial charge in [-0.3, -0.25) is 4.90 Å². The van der Waals surface area contributed by atoms with Crippen molar-refractivity contribution in [2.24, 2.45) is 0 Å². The Bertz CT molecular complexity index is 881. The summed E-state index contributed by atoms with van der Waals surface area (Å²) in [6.07, 6.45) is 3.78. The smallest absolute Gasteiger partial charge is 0.129 e. The van der Waals surface area contributed by atoms with Crippen molar-refractivity contribution in [1.29, 1.82) is 0 Å². The molecular weight excluding hydrogens is 399 g/mol. The second-order valence-corrected chi connectivity index (χ2v) is 7.55. The molecule has 1 N–H and O–H groups in total. The molecule has 0 saturated heterocycles. The van der Waals surface area contributed by atoms with Gasteiger partial charge in [0.1, 0.15) is 18.2 Å². The number of halogens is 1. The summed E-state index contributed by atoms with van der Waals surface area (Å²) in [5.41, 5.74) is 1.71. The number of aromatic nitrogens is 1. The van der Waals surface area contributed by atoms with Crippen LogP contribution in [0.15, 0.2) is 65.4 Å². The Hall–Kier alpha value is -2.45. The minimum absolute atomic E-state index is 0.205. The topological polar surface area (TPSA) is 60.0 Å². The minimum Gasteiger partial charge on any atom is -0.467 e. The SMILES string of the molecule is COCCCN(Cc1cccn1Cc1ccccc1F)C[C@H](O)COCc1ccco1. The summed E-state index contributed by atoms with van der Waals surface area (Å²) in [7, 11) is 1.68. The van der Waals surface area contributed by atoms with Crippen LogP contribution in [0.25, 0.3) is 0 Å². The van der Waals surface area contributed by atoms with E-state index in [4.69, 9.17) is 13.9 Å². The fourth-order valence-electron chi connectivity index (χ4n) is 3.49. The van der Waals surface area contributed by atoms with E-state index in [1.54, 1.807) is 25.5 Å². The van der Waals surface area contributed by atoms with Gasteiger partial charge in [-0.2, -0.15) is 0 Å². The molecule has 0 amide bonds. The summed E-state index contributed by atoms with van der Waals surface area (Å²) < 4.78 is 32.1. The molecule has 2 aromatic heterocycles. The van der Waals surface area contributed by atoms with Gasteiger partial charge in [0.15, 0.2) is 0 Å². The van der Waals surface area contributed by atoms with Crippen molar-refractivity contribution in [3.63, 3.8) is 0 Å². The molecule has 0 radical (unpaired) electrons. The summed E-state index contributed by atoms with van der Waals surface area (Å²) in [6, 6.07) is 14.5. The first-order valence-electron chi connectivity index (χ1n) is 10.5. The monoisotopic (exact) mass is 430 g/mol. The zero-order valence-corrected chi connectivity index (χ0v) is 18.0. The van der Waals surface area contributed by atoms with Crippen molar-refractivity contribution in [1.82, 2.24) is 9.47 Å². The molecule has 1 aromatic carbocycles. The van der Waals surface area contributed by atoms with Crippen molar-refractivity contribution in [3.8, 4) is 0 Å². The molecular formula is C24H31FN2O4. The molecule has 168 valence electrons. The Kier molecular flexibility index (Phi) is 9.30. The highest BCUT2D eigenvalue weighted by molar-refractivity contribution is 5.19. The Morgan fingerprint density at radius 1 is 1.16 bits per heavy atom. The van der Waals surface area contributed by atoms with Crippen LogP contribution in [0.2, 0.25) is 0 Å². The van der Waals surface area contributed by atoms with Gasteiger partial charge in [-0.1, -0.05) is 18.2 Å². The molecule has 0 aliphatic carbocycles.